The van der Waals surface area contributed by atoms with Crippen molar-refractivity contribution in [1.82, 2.24) is 9.88 Å². The van der Waals surface area contributed by atoms with Gasteiger partial charge in [0.2, 0.25) is 5.88 Å². The van der Waals surface area contributed by atoms with Gasteiger partial charge in [0.05, 0.1) is 28.8 Å². The van der Waals surface area contributed by atoms with Gasteiger partial charge in [-0.25, -0.2) is 9.98 Å². The molecule has 0 spiro atoms. The number of halogens is 1. The van der Waals surface area contributed by atoms with E-state index in [-0.39, 0.29) is 0 Å². The van der Waals surface area contributed by atoms with E-state index in [0.717, 1.165) is 28.8 Å². The molecule has 0 saturated heterocycles. The Labute approximate surface area is 136 Å². The lowest BCUT2D eigenvalue weighted by Gasteiger charge is -2.11. The van der Waals surface area contributed by atoms with Crippen molar-refractivity contribution in [1.29, 1.82) is 0 Å². The van der Waals surface area contributed by atoms with Crippen molar-refractivity contribution in [3.63, 3.8) is 0 Å². The van der Waals surface area contributed by atoms with E-state index >= 15 is 0 Å². The van der Waals surface area contributed by atoms with Crippen LogP contribution in [0.2, 0.25) is 0 Å². The van der Waals surface area contributed by atoms with Crippen LogP contribution in [0.15, 0.2) is 15.5 Å². The summed E-state index contributed by atoms with van der Waals surface area (Å²) in [7, 11) is 1.99. The zero-order chi connectivity index (χ0) is 15.8. The Morgan fingerprint density at radius 1 is 1.48 bits per heavy atom. The van der Waals surface area contributed by atoms with E-state index in [9.17, 15) is 0 Å². The number of hydrogen-bond acceptors (Lipinski definition) is 3. The van der Waals surface area contributed by atoms with E-state index in [1.807, 2.05) is 31.3 Å². The third-order valence-electron chi connectivity index (χ3n) is 3.17. The summed E-state index contributed by atoms with van der Waals surface area (Å²) in [6.45, 7) is 10.1. The van der Waals surface area contributed by atoms with Gasteiger partial charge < -0.3 is 9.64 Å². The minimum atomic E-state index is 0.652. The van der Waals surface area contributed by atoms with Gasteiger partial charge in [0.1, 0.15) is 0 Å². The molecule has 118 valence electrons. The second kappa shape index (κ2) is 9.03. The molecule has 0 amide bonds. The maximum Gasteiger partial charge on any atom is 0.228 e. The highest BCUT2D eigenvalue weighted by atomic mass is 79.9. The second-order valence-corrected chi connectivity index (χ2v) is 6.44. The van der Waals surface area contributed by atoms with E-state index in [2.05, 4.69) is 46.7 Å². The summed E-state index contributed by atoms with van der Waals surface area (Å²) in [6, 6.07) is 1.96. The number of ether oxygens (including phenoxy) is 1. The highest BCUT2D eigenvalue weighted by molar-refractivity contribution is 9.10. The molecule has 0 unspecified atom stereocenters. The van der Waals surface area contributed by atoms with Crippen molar-refractivity contribution in [2.75, 3.05) is 20.2 Å². The first-order chi connectivity index (χ1) is 9.93. The van der Waals surface area contributed by atoms with Gasteiger partial charge in [0, 0.05) is 13.6 Å². The van der Waals surface area contributed by atoms with E-state index in [4.69, 9.17) is 4.74 Å². The summed E-state index contributed by atoms with van der Waals surface area (Å²) >= 11 is 3.51. The molecule has 4 nitrogen and oxygen atoms in total. The van der Waals surface area contributed by atoms with Gasteiger partial charge in [-0.1, -0.05) is 13.8 Å². The number of aliphatic imine (C=N–C) groups is 1. The van der Waals surface area contributed by atoms with Gasteiger partial charge in [-0.15, -0.1) is 0 Å². The molecule has 1 heterocycles. The van der Waals surface area contributed by atoms with E-state index < -0.39 is 0 Å². The van der Waals surface area contributed by atoms with Crippen LogP contribution in [0.4, 0.5) is 5.69 Å². The molecule has 0 atom stereocenters. The number of aromatic nitrogens is 1. The number of nitrogens with zero attached hydrogens (tertiary/aromatic N) is 3. The largest absolute Gasteiger partial charge is 0.477 e. The van der Waals surface area contributed by atoms with Crippen LogP contribution in [0.5, 0.6) is 5.88 Å². The summed E-state index contributed by atoms with van der Waals surface area (Å²) in [5.41, 5.74) is 1.73. The molecule has 0 aromatic carbocycles. The molecular weight excluding hydrogens is 330 g/mol. The van der Waals surface area contributed by atoms with Gasteiger partial charge in [-0.3, -0.25) is 0 Å². The van der Waals surface area contributed by atoms with E-state index in [1.54, 1.807) is 0 Å². The zero-order valence-corrected chi connectivity index (χ0v) is 15.3. The predicted octanol–water partition coefficient (Wildman–Crippen LogP) is 4.58. The number of hydrogen-bond donors (Lipinski definition) is 0. The molecule has 1 aromatic heterocycles. The quantitative estimate of drug-likeness (QED) is 0.389. The minimum Gasteiger partial charge on any atom is -0.477 e. The summed E-state index contributed by atoms with van der Waals surface area (Å²) in [5.74, 6) is 1.36. The fourth-order valence-electron chi connectivity index (χ4n) is 1.68. The molecule has 0 aliphatic carbocycles. The third kappa shape index (κ3) is 6.46. The molecule has 0 aliphatic heterocycles. The fourth-order valence-corrected chi connectivity index (χ4v) is 2.10. The minimum absolute atomic E-state index is 0.652. The van der Waals surface area contributed by atoms with Gasteiger partial charge >= 0.3 is 0 Å². The van der Waals surface area contributed by atoms with Crippen LogP contribution in [0, 0.1) is 12.8 Å². The molecular formula is C16H26BrN3O. The van der Waals surface area contributed by atoms with Gasteiger partial charge in [0.25, 0.3) is 0 Å². The predicted molar refractivity (Wildman–Crippen MR) is 92.7 cm³/mol. The molecule has 1 rings (SSSR count). The zero-order valence-electron chi connectivity index (χ0n) is 13.7. The maximum atomic E-state index is 5.75. The van der Waals surface area contributed by atoms with Gasteiger partial charge in [-0.2, -0.15) is 0 Å². The molecule has 0 bridgehead atoms. The van der Waals surface area contributed by atoms with Crippen LogP contribution < -0.4 is 4.74 Å². The highest BCUT2D eigenvalue weighted by Gasteiger charge is 2.08. The van der Waals surface area contributed by atoms with Crippen molar-refractivity contribution >= 4 is 28.0 Å². The van der Waals surface area contributed by atoms with Crippen LogP contribution in [0.3, 0.4) is 0 Å². The van der Waals surface area contributed by atoms with Gasteiger partial charge in [-0.05, 0) is 54.6 Å². The van der Waals surface area contributed by atoms with E-state index in [0.29, 0.717) is 18.4 Å². The van der Waals surface area contributed by atoms with Crippen molar-refractivity contribution in [2.24, 2.45) is 10.9 Å². The lowest BCUT2D eigenvalue weighted by Crippen LogP contribution is -2.14. The molecule has 5 heteroatoms. The Morgan fingerprint density at radius 3 is 2.81 bits per heavy atom. The van der Waals surface area contributed by atoms with Crippen LogP contribution in [0.1, 0.15) is 39.3 Å². The average Bonchev–Trinajstić information content (AvgIpc) is 2.44. The molecule has 0 radical (unpaired) electrons. The molecule has 21 heavy (non-hydrogen) atoms. The molecule has 0 fully saturated rings. The van der Waals surface area contributed by atoms with Crippen LogP contribution in [-0.2, 0) is 0 Å². The maximum absolute atomic E-state index is 5.75. The Bertz CT molecular complexity index is 475. The fraction of sp³-hybridized carbons (Fsp3) is 0.625. The molecule has 0 aliphatic rings. The standard InChI is InChI=1S/C16H26BrN3O/c1-6-20(5)11-18-15-10-14(17)16(19-13(15)4)21-9-7-8-12(2)3/h10-12H,6-9H2,1-5H3/b18-11+. The first-order valence-electron chi connectivity index (χ1n) is 7.48. The average molecular weight is 356 g/mol. The smallest absolute Gasteiger partial charge is 0.228 e. The Balaban J connectivity index is 2.68. The summed E-state index contributed by atoms with van der Waals surface area (Å²) in [5, 5.41) is 0. The highest BCUT2D eigenvalue weighted by Crippen LogP contribution is 2.29. The normalized spacial score (nSPS) is 11.4. The van der Waals surface area contributed by atoms with Gasteiger partial charge in [0.15, 0.2) is 0 Å². The number of rotatable bonds is 8. The lowest BCUT2D eigenvalue weighted by atomic mass is 10.1. The summed E-state index contributed by atoms with van der Waals surface area (Å²) in [6.07, 6.45) is 4.04. The second-order valence-electron chi connectivity index (χ2n) is 5.58. The summed E-state index contributed by atoms with van der Waals surface area (Å²) in [4.78, 5) is 11.0. The first-order valence-corrected chi connectivity index (χ1v) is 8.27. The Hall–Kier alpha value is -1.10. The number of aryl methyl sites for hydroxylation is 1. The van der Waals surface area contributed by atoms with Crippen LogP contribution in [0.25, 0.3) is 0 Å². The monoisotopic (exact) mass is 355 g/mol. The summed E-state index contributed by atoms with van der Waals surface area (Å²) < 4.78 is 6.60. The van der Waals surface area contributed by atoms with Crippen molar-refractivity contribution < 1.29 is 4.74 Å². The third-order valence-corrected chi connectivity index (χ3v) is 3.73. The van der Waals surface area contributed by atoms with Crippen molar-refractivity contribution in [3.05, 3.63) is 16.2 Å². The van der Waals surface area contributed by atoms with Crippen molar-refractivity contribution in [3.8, 4) is 5.88 Å². The topological polar surface area (TPSA) is 37.7 Å². The lowest BCUT2D eigenvalue weighted by molar-refractivity contribution is 0.285. The molecule has 0 saturated carbocycles. The number of pyridine rings is 1. The molecule has 1 aromatic rings. The van der Waals surface area contributed by atoms with Crippen molar-refractivity contribution in [2.45, 2.75) is 40.5 Å². The Kier molecular flexibility index (Phi) is 7.72. The Morgan fingerprint density at radius 2 is 2.19 bits per heavy atom. The van der Waals surface area contributed by atoms with Crippen LogP contribution >= 0.6 is 15.9 Å². The SMILES string of the molecule is CCN(C)/C=N/c1cc(Br)c(OCCCC(C)C)nc1C. The van der Waals surface area contributed by atoms with E-state index in [1.165, 1.54) is 6.42 Å². The first kappa shape index (κ1) is 18.0. The van der Waals surface area contributed by atoms with Crippen LogP contribution in [-0.4, -0.2) is 36.4 Å². The molecule has 0 N–H and O–H groups in total.